The first kappa shape index (κ1) is 27.6. The number of ketones is 1. The van der Waals surface area contributed by atoms with E-state index in [9.17, 15) is 14.7 Å². The Bertz CT molecular complexity index is 1580. The topological polar surface area (TPSA) is 90.2 Å². The Morgan fingerprint density at radius 3 is 2.35 bits per heavy atom. The Kier molecular flexibility index (Phi) is 7.49. The van der Waals surface area contributed by atoms with Crippen LogP contribution in [0.5, 0.6) is 11.6 Å². The number of carbonyl (C=O) groups is 2. The zero-order chi connectivity index (χ0) is 28.6. The summed E-state index contributed by atoms with van der Waals surface area (Å²) in [5.41, 5.74) is 2.25. The fourth-order valence-electron chi connectivity index (χ4n) is 4.81. The summed E-state index contributed by atoms with van der Waals surface area (Å²) in [6.07, 6.45) is -0.821. The van der Waals surface area contributed by atoms with E-state index < -0.39 is 23.4 Å². The summed E-state index contributed by atoms with van der Waals surface area (Å²) in [6.45, 7) is 8.18. The highest BCUT2D eigenvalue weighted by Gasteiger charge is 2.30. The quantitative estimate of drug-likeness (QED) is 0.277. The maximum atomic E-state index is 13.8. The van der Waals surface area contributed by atoms with Gasteiger partial charge in [-0.05, 0) is 62.7 Å². The number of methoxy groups -OCH3 is 1. The van der Waals surface area contributed by atoms with E-state index in [1.54, 1.807) is 57.2 Å². The standard InChI is InChI=1S/C31H31ClN2O6/c1-31(2,3)40-30(37)34-26-18-25(32)23(19-8-10-21(11-9-19)33-12-14-39-15-13-33)17-24(26)27(29(34)36)28(35)20-6-5-7-22(16-20)38-4/h5-11,16-18,36H,12-15H2,1-4H3. The monoisotopic (exact) mass is 562 g/mol. The van der Waals surface area contributed by atoms with Gasteiger partial charge in [-0.2, -0.15) is 0 Å². The summed E-state index contributed by atoms with van der Waals surface area (Å²) < 4.78 is 17.3. The molecular formula is C31H31ClN2O6. The van der Waals surface area contributed by atoms with Crippen LogP contribution in [0, 0.1) is 0 Å². The normalized spacial score (nSPS) is 13.9. The molecule has 1 aliphatic rings. The number of ether oxygens (including phenoxy) is 3. The van der Waals surface area contributed by atoms with Crippen molar-refractivity contribution in [2.75, 3.05) is 38.3 Å². The second-order valence-corrected chi connectivity index (χ2v) is 11.0. The van der Waals surface area contributed by atoms with E-state index in [-0.39, 0.29) is 11.1 Å². The maximum absolute atomic E-state index is 13.8. The van der Waals surface area contributed by atoms with Crippen molar-refractivity contribution in [2.24, 2.45) is 0 Å². The molecule has 0 radical (unpaired) electrons. The van der Waals surface area contributed by atoms with E-state index in [1.807, 2.05) is 24.3 Å². The lowest BCUT2D eigenvalue weighted by atomic mass is 9.98. The highest BCUT2D eigenvalue weighted by atomic mass is 35.5. The lowest BCUT2D eigenvalue weighted by molar-refractivity contribution is 0.0533. The zero-order valence-electron chi connectivity index (χ0n) is 22.9. The molecule has 0 aliphatic carbocycles. The molecule has 9 heteroatoms. The molecule has 0 spiro atoms. The van der Waals surface area contributed by atoms with Gasteiger partial charge < -0.3 is 24.2 Å². The highest BCUT2D eigenvalue weighted by molar-refractivity contribution is 6.34. The second-order valence-electron chi connectivity index (χ2n) is 10.6. The number of anilines is 1. The van der Waals surface area contributed by atoms with Gasteiger partial charge in [0, 0.05) is 35.3 Å². The molecule has 1 aliphatic heterocycles. The van der Waals surface area contributed by atoms with Crippen LogP contribution in [0.15, 0.2) is 60.7 Å². The smallest absolute Gasteiger partial charge is 0.421 e. The first-order valence-corrected chi connectivity index (χ1v) is 13.4. The fraction of sp³-hybridized carbons (Fsp3) is 0.290. The number of hydrogen-bond donors (Lipinski definition) is 1. The number of nitrogens with zero attached hydrogens (tertiary/aromatic N) is 2. The van der Waals surface area contributed by atoms with Gasteiger partial charge in [-0.1, -0.05) is 35.9 Å². The Hall–Kier alpha value is -4.01. The molecular weight excluding hydrogens is 532 g/mol. The van der Waals surface area contributed by atoms with E-state index in [4.69, 9.17) is 25.8 Å². The van der Waals surface area contributed by atoms with Crippen LogP contribution < -0.4 is 9.64 Å². The number of fused-ring (bicyclic) bond motifs is 1. The first-order valence-electron chi connectivity index (χ1n) is 13.0. The number of halogens is 1. The second kappa shape index (κ2) is 10.9. The van der Waals surface area contributed by atoms with Gasteiger partial charge in [0.05, 0.1) is 36.4 Å². The van der Waals surface area contributed by atoms with Crippen molar-refractivity contribution in [3.63, 3.8) is 0 Å². The minimum absolute atomic E-state index is 0.0306. The molecule has 3 aromatic carbocycles. The lowest BCUT2D eigenvalue weighted by Crippen LogP contribution is -2.36. The maximum Gasteiger partial charge on any atom is 0.421 e. The Morgan fingerprint density at radius 2 is 1.70 bits per heavy atom. The molecule has 0 atom stereocenters. The molecule has 0 saturated carbocycles. The zero-order valence-corrected chi connectivity index (χ0v) is 23.6. The van der Waals surface area contributed by atoms with Crippen molar-refractivity contribution in [2.45, 2.75) is 26.4 Å². The van der Waals surface area contributed by atoms with Crippen LogP contribution in [0.3, 0.4) is 0 Å². The average Bonchev–Trinajstić information content (AvgIpc) is 3.22. The SMILES string of the molecule is COc1cccc(C(=O)c2c(O)n(C(=O)OC(C)(C)C)c3cc(Cl)c(-c4ccc(N5CCOCC5)cc4)cc23)c1. The van der Waals surface area contributed by atoms with E-state index in [0.29, 0.717) is 40.5 Å². The van der Waals surface area contributed by atoms with Crippen LogP contribution in [-0.4, -0.2) is 60.6 Å². The summed E-state index contributed by atoms with van der Waals surface area (Å²) >= 11 is 6.76. The third-order valence-electron chi connectivity index (χ3n) is 6.72. The van der Waals surface area contributed by atoms with E-state index in [1.165, 1.54) is 7.11 Å². The van der Waals surface area contributed by atoms with Gasteiger partial charge in [0.15, 0.2) is 5.78 Å². The van der Waals surface area contributed by atoms with E-state index >= 15 is 0 Å². The third kappa shape index (κ3) is 5.37. The van der Waals surface area contributed by atoms with Gasteiger partial charge in [-0.3, -0.25) is 4.79 Å². The molecule has 2 heterocycles. The lowest BCUT2D eigenvalue weighted by Gasteiger charge is -2.29. The van der Waals surface area contributed by atoms with Crippen LogP contribution in [0.1, 0.15) is 36.7 Å². The molecule has 1 N–H and O–H groups in total. The molecule has 0 amide bonds. The molecule has 0 bridgehead atoms. The van der Waals surface area contributed by atoms with Gasteiger partial charge in [0.25, 0.3) is 0 Å². The van der Waals surface area contributed by atoms with Crippen LogP contribution in [0.2, 0.25) is 5.02 Å². The van der Waals surface area contributed by atoms with Gasteiger partial charge in [0.2, 0.25) is 5.88 Å². The van der Waals surface area contributed by atoms with Gasteiger partial charge >= 0.3 is 6.09 Å². The number of morpholine rings is 1. The molecule has 5 rings (SSSR count). The van der Waals surface area contributed by atoms with Crippen molar-refractivity contribution in [1.82, 2.24) is 4.57 Å². The summed E-state index contributed by atoms with van der Waals surface area (Å²) in [5.74, 6) is -0.502. The number of carbonyl (C=O) groups excluding carboxylic acids is 2. The molecule has 40 heavy (non-hydrogen) atoms. The van der Waals surface area contributed by atoms with Crippen molar-refractivity contribution in [3.8, 4) is 22.8 Å². The minimum Gasteiger partial charge on any atom is -0.497 e. The summed E-state index contributed by atoms with van der Waals surface area (Å²) in [7, 11) is 1.51. The minimum atomic E-state index is -0.830. The van der Waals surface area contributed by atoms with Gasteiger partial charge in [0.1, 0.15) is 11.4 Å². The highest BCUT2D eigenvalue weighted by Crippen LogP contribution is 2.40. The number of aromatic nitrogens is 1. The molecule has 4 aromatic rings. The molecule has 1 aromatic heterocycles. The van der Waals surface area contributed by atoms with Crippen molar-refractivity contribution >= 4 is 40.1 Å². The summed E-state index contributed by atoms with van der Waals surface area (Å²) in [5, 5.41) is 12.0. The fourth-order valence-corrected chi connectivity index (χ4v) is 5.08. The van der Waals surface area contributed by atoms with Crippen molar-refractivity contribution in [1.29, 1.82) is 0 Å². The van der Waals surface area contributed by atoms with Crippen LogP contribution in [-0.2, 0) is 9.47 Å². The van der Waals surface area contributed by atoms with E-state index in [2.05, 4.69) is 4.90 Å². The molecule has 1 fully saturated rings. The number of rotatable bonds is 5. The van der Waals surface area contributed by atoms with Crippen LogP contribution >= 0.6 is 11.6 Å². The average molecular weight is 563 g/mol. The summed E-state index contributed by atoms with van der Waals surface area (Å²) in [6, 6.07) is 17.9. The largest absolute Gasteiger partial charge is 0.497 e. The van der Waals surface area contributed by atoms with E-state index in [0.717, 1.165) is 28.9 Å². The molecule has 208 valence electrons. The molecule has 0 unspecified atom stereocenters. The molecule has 8 nitrogen and oxygen atoms in total. The Balaban J connectivity index is 1.65. The number of benzene rings is 3. The van der Waals surface area contributed by atoms with Gasteiger partial charge in [-0.15, -0.1) is 0 Å². The predicted molar refractivity (Wildman–Crippen MR) is 155 cm³/mol. The predicted octanol–water partition coefficient (Wildman–Crippen LogP) is 6.53. The summed E-state index contributed by atoms with van der Waals surface area (Å²) in [4.78, 5) is 29.3. The van der Waals surface area contributed by atoms with Crippen molar-refractivity contribution in [3.05, 3.63) is 76.8 Å². The number of hydrogen-bond acceptors (Lipinski definition) is 7. The molecule has 1 saturated heterocycles. The Morgan fingerprint density at radius 1 is 1.00 bits per heavy atom. The first-order chi connectivity index (χ1) is 19.1. The Labute approximate surface area is 237 Å². The number of aromatic hydroxyl groups is 1. The third-order valence-corrected chi connectivity index (χ3v) is 7.03. The van der Waals surface area contributed by atoms with Crippen LogP contribution in [0.4, 0.5) is 10.5 Å². The van der Waals surface area contributed by atoms with Crippen LogP contribution in [0.25, 0.3) is 22.0 Å². The van der Waals surface area contributed by atoms with Crippen molar-refractivity contribution < 1.29 is 28.9 Å². The van der Waals surface area contributed by atoms with Gasteiger partial charge in [-0.25, -0.2) is 9.36 Å².